The molecule has 1 aromatic carbocycles. The lowest BCUT2D eigenvalue weighted by Gasteiger charge is -2.45. The van der Waals surface area contributed by atoms with Gasteiger partial charge in [-0.1, -0.05) is 19.8 Å². The third kappa shape index (κ3) is 3.26. The molecule has 116 valence electrons. The zero-order valence-electron chi connectivity index (χ0n) is 12.9. The first-order valence-electron chi connectivity index (χ1n) is 8.19. The Labute approximate surface area is 127 Å². The summed E-state index contributed by atoms with van der Waals surface area (Å²) in [6, 6.07) is 6.60. The van der Waals surface area contributed by atoms with Gasteiger partial charge in [0.2, 0.25) is 0 Å². The van der Waals surface area contributed by atoms with E-state index >= 15 is 0 Å². The van der Waals surface area contributed by atoms with Crippen molar-refractivity contribution in [1.82, 2.24) is 0 Å². The molecule has 2 fully saturated rings. The number of hydrogen-bond acceptors (Lipinski definition) is 4. The van der Waals surface area contributed by atoms with Crippen molar-refractivity contribution in [3.8, 4) is 5.75 Å². The number of hydrogen-bond donors (Lipinski definition) is 1. The summed E-state index contributed by atoms with van der Waals surface area (Å²) < 4.78 is 11.7. The molecule has 3 rings (SSSR count). The predicted molar refractivity (Wildman–Crippen MR) is 86.0 cm³/mol. The SMILES string of the molecule is CCCOc1cc(N)cc(N2CCOC3CCCCC32)c1. The summed E-state index contributed by atoms with van der Waals surface area (Å²) >= 11 is 0. The van der Waals surface area contributed by atoms with E-state index < -0.39 is 0 Å². The van der Waals surface area contributed by atoms with E-state index in [0.29, 0.717) is 12.1 Å². The molecule has 0 spiro atoms. The van der Waals surface area contributed by atoms with E-state index in [1.807, 2.05) is 6.07 Å². The van der Waals surface area contributed by atoms with E-state index in [2.05, 4.69) is 24.0 Å². The summed E-state index contributed by atoms with van der Waals surface area (Å²) in [5.41, 5.74) is 8.03. The van der Waals surface area contributed by atoms with Crippen LogP contribution in [0.15, 0.2) is 18.2 Å². The number of rotatable bonds is 4. The van der Waals surface area contributed by atoms with Gasteiger partial charge in [0.25, 0.3) is 0 Å². The zero-order chi connectivity index (χ0) is 14.7. The molecule has 4 nitrogen and oxygen atoms in total. The molecule has 0 amide bonds. The average molecular weight is 290 g/mol. The fourth-order valence-corrected chi connectivity index (χ4v) is 3.49. The summed E-state index contributed by atoms with van der Waals surface area (Å²) in [5, 5.41) is 0. The maximum atomic E-state index is 6.07. The lowest BCUT2D eigenvalue weighted by atomic mass is 9.89. The lowest BCUT2D eigenvalue weighted by molar-refractivity contribution is -0.00868. The molecule has 1 aromatic rings. The Morgan fingerprint density at radius 2 is 2.14 bits per heavy atom. The van der Waals surface area contributed by atoms with Crippen LogP contribution in [0.4, 0.5) is 11.4 Å². The summed E-state index contributed by atoms with van der Waals surface area (Å²) in [5.74, 6) is 0.880. The Morgan fingerprint density at radius 3 is 3.00 bits per heavy atom. The highest BCUT2D eigenvalue weighted by molar-refractivity contribution is 5.61. The van der Waals surface area contributed by atoms with Crippen LogP contribution in [0.25, 0.3) is 0 Å². The van der Waals surface area contributed by atoms with Gasteiger partial charge in [-0.3, -0.25) is 0 Å². The number of fused-ring (bicyclic) bond motifs is 1. The summed E-state index contributed by atoms with van der Waals surface area (Å²) in [7, 11) is 0. The number of ether oxygens (including phenoxy) is 2. The Balaban J connectivity index is 1.82. The molecule has 4 heteroatoms. The molecule has 1 saturated heterocycles. The summed E-state index contributed by atoms with van der Waals surface area (Å²) in [6.07, 6.45) is 6.37. The first-order chi connectivity index (χ1) is 10.3. The Morgan fingerprint density at radius 1 is 1.29 bits per heavy atom. The van der Waals surface area contributed by atoms with Crippen LogP contribution in [-0.4, -0.2) is 31.9 Å². The van der Waals surface area contributed by atoms with Crippen LogP contribution in [0.3, 0.4) is 0 Å². The highest BCUT2D eigenvalue weighted by Crippen LogP contribution is 2.34. The fraction of sp³-hybridized carbons (Fsp3) is 0.647. The van der Waals surface area contributed by atoms with Crippen molar-refractivity contribution in [1.29, 1.82) is 0 Å². The number of nitrogens with two attached hydrogens (primary N) is 1. The van der Waals surface area contributed by atoms with Crippen LogP contribution in [0, 0.1) is 0 Å². The van der Waals surface area contributed by atoms with Gasteiger partial charge in [-0.25, -0.2) is 0 Å². The van der Waals surface area contributed by atoms with Gasteiger partial charge in [0.1, 0.15) is 5.75 Å². The quantitative estimate of drug-likeness (QED) is 0.865. The van der Waals surface area contributed by atoms with Crippen molar-refractivity contribution >= 4 is 11.4 Å². The Kier molecular flexibility index (Phi) is 4.54. The third-order valence-corrected chi connectivity index (χ3v) is 4.45. The number of anilines is 2. The van der Waals surface area contributed by atoms with Gasteiger partial charge >= 0.3 is 0 Å². The molecule has 0 aromatic heterocycles. The number of morpholine rings is 1. The second kappa shape index (κ2) is 6.56. The number of nitrogens with zero attached hydrogens (tertiary/aromatic N) is 1. The van der Waals surface area contributed by atoms with Crippen LogP contribution in [0.1, 0.15) is 39.0 Å². The third-order valence-electron chi connectivity index (χ3n) is 4.45. The Hall–Kier alpha value is -1.42. The van der Waals surface area contributed by atoms with Gasteiger partial charge < -0.3 is 20.1 Å². The highest BCUT2D eigenvalue weighted by Gasteiger charge is 2.34. The topological polar surface area (TPSA) is 47.7 Å². The van der Waals surface area contributed by atoms with Gasteiger partial charge in [0.15, 0.2) is 0 Å². The van der Waals surface area contributed by atoms with Gasteiger partial charge in [0, 0.05) is 30.1 Å². The molecular weight excluding hydrogens is 264 g/mol. The van der Waals surface area contributed by atoms with Gasteiger partial charge in [0.05, 0.1) is 25.4 Å². The molecular formula is C17H26N2O2. The molecule has 1 aliphatic heterocycles. The van der Waals surface area contributed by atoms with Crippen molar-refractivity contribution in [2.45, 2.75) is 51.2 Å². The van der Waals surface area contributed by atoms with E-state index in [-0.39, 0.29) is 0 Å². The minimum atomic E-state index is 0.383. The standard InChI is InChI=1S/C17H26N2O2/c1-2-8-20-15-11-13(18)10-14(12-15)19-7-9-21-17-6-4-3-5-16(17)19/h10-12,16-17H,2-9,18H2,1H3. The van der Waals surface area contributed by atoms with Crippen molar-refractivity contribution in [3.63, 3.8) is 0 Å². The minimum absolute atomic E-state index is 0.383. The highest BCUT2D eigenvalue weighted by atomic mass is 16.5. The summed E-state index contributed by atoms with van der Waals surface area (Å²) in [4.78, 5) is 2.47. The zero-order valence-corrected chi connectivity index (χ0v) is 12.9. The van der Waals surface area contributed by atoms with Gasteiger partial charge in [-0.05, 0) is 25.3 Å². The van der Waals surface area contributed by atoms with Crippen LogP contribution < -0.4 is 15.4 Å². The summed E-state index contributed by atoms with van der Waals surface area (Å²) in [6.45, 7) is 4.60. The van der Waals surface area contributed by atoms with Crippen LogP contribution in [0.5, 0.6) is 5.75 Å². The van der Waals surface area contributed by atoms with E-state index in [1.54, 1.807) is 0 Å². The molecule has 2 N–H and O–H groups in total. The van der Waals surface area contributed by atoms with Crippen LogP contribution in [-0.2, 0) is 4.74 Å². The molecule has 0 bridgehead atoms. The van der Waals surface area contributed by atoms with Crippen molar-refractivity contribution < 1.29 is 9.47 Å². The van der Waals surface area contributed by atoms with Crippen molar-refractivity contribution in [2.75, 3.05) is 30.4 Å². The van der Waals surface area contributed by atoms with E-state index in [9.17, 15) is 0 Å². The van der Waals surface area contributed by atoms with Crippen LogP contribution in [0.2, 0.25) is 0 Å². The first kappa shape index (κ1) is 14.5. The van der Waals surface area contributed by atoms with Crippen LogP contribution >= 0.6 is 0 Å². The molecule has 2 aliphatic rings. The predicted octanol–water partition coefficient (Wildman–Crippen LogP) is 3.21. The van der Waals surface area contributed by atoms with E-state index in [0.717, 1.165) is 37.6 Å². The molecule has 2 unspecified atom stereocenters. The molecule has 1 saturated carbocycles. The smallest absolute Gasteiger partial charge is 0.123 e. The number of nitrogen functional groups attached to an aromatic ring is 1. The fourth-order valence-electron chi connectivity index (χ4n) is 3.49. The molecule has 1 aliphatic carbocycles. The van der Waals surface area contributed by atoms with Gasteiger partial charge in [-0.2, -0.15) is 0 Å². The van der Waals surface area contributed by atoms with E-state index in [4.69, 9.17) is 15.2 Å². The lowest BCUT2D eigenvalue weighted by Crippen LogP contribution is -2.52. The first-order valence-corrected chi connectivity index (χ1v) is 8.19. The second-order valence-electron chi connectivity index (χ2n) is 6.06. The molecule has 0 radical (unpaired) electrons. The molecule has 2 atom stereocenters. The minimum Gasteiger partial charge on any atom is -0.493 e. The Bertz CT molecular complexity index is 476. The monoisotopic (exact) mass is 290 g/mol. The van der Waals surface area contributed by atoms with Crippen molar-refractivity contribution in [2.24, 2.45) is 0 Å². The largest absolute Gasteiger partial charge is 0.493 e. The molecule has 21 heavy (non-hydrogen) atoms. The van der Waals surface area contributed by atoms with Crippen molar-refractivity contribution in [3.05, 3.63) is 18.2 Å². The van der Waals surface area contributed by atoms with E-state index in [1.165, 1.54) is 31.4 Å². The normalized spacial score (nSPS) is 25.5. The average Bonchev–Trinajstić information content (AvgIpc) is 2.52. The maximum Gasteiger partial charge on any atom is 0.123 e. The maximum absolute atomic E-state index is 6.07. The molecule has 1 heterocycles. The number of benzene rings is 1. The second-order valence-corrected chi connectivity index (χ2v) is 6.06. The van der Waals surface area contributed by atoms with Gasteiger partial charge in [-0.15, -0.1) is 0 Å².